The molecule has 76 valence electrons. The van der Waals surface area contributed by atoms with E-state index in [0.29, 0.717) is 5.69 Å². The van der Waals surface area contributed by atoms with Crippen molar-refractivity contribution in [2.24, 2.45) is 5.73 Å². The van der Waals surface area contributed by atoms with Crippen molar-refractivity contribution in [3.8, 4) is 0 Å². The number of aryl methyl sites for hydroxylation is 1. The van der Waals surface area contributed by atoms with E-state index in [-0.39, 0.29) is 0 Å². The molecule has 14 heavy (non-hydrogen) atoms. The number of aromatic nitrogens is 1. The average Bonchev–Trinajstić information content (AvgIpc) is 2.19. The minimum Gasteiger partial charge on any atom is -0.364 e. The first-order valence-corrected chi connectivity index (χ1v) is 4.98. The third-order valence-electron chi connectivity index (χ3n) is 2.15. The van der Waals surface area contributed by atoms with Gasteiger partial charge in [0.2, 0.25) is 0 Å². The molecule has 1 aromatic heterocycles. The Morgan fingerprint density at radius 3 is 2.71 bits per heavy atom. The molecule has 0 radical (unpaired) electrons. The fourth-order valence-corrected chi connectivity index (χ4v) is 1.30. The summed E-state index contributed by atoms with van der Waals surface area (Å²) in [7, 11) is 0. The van der Waals surface area contributed by atoms with Gasteiger partial charge in [-0.25, -0.2) is 0 Å². The Bertz CT molecular complexity index is 293. The van der Waals surface area contributed by atoms with Crippen LogP contribution in [0.5, 0.6) is 0 Å². The maximum absolute atomic E-state index is 10.7. The van der Waals surface area contributed by atoms with Gasteiger partial charge in [0, 0.05) is 6.20 Å². The van der Waals surface area contributed by atoms with Crippen molar-refractivity contribution in [2.75, 3.05) is 0 Å². The monoisotopic (exact) mass is 192 g/mol. The number of carbonyl (C=O) groups excluding carboxylic acids is 1. The van der Waals surface area contributed by atoms with Crippen LogP contribution in [0.4, 0.5) is 0 Å². The van der Waals surface area contributed by atoms with Gasteiger partial charge < -0.3 is 5.73 Å². The lowest BCUT2D eigenvalue weighted by molar-refractivity contribution is 0.0995. The summed E-state index contributed by atoms with van der Waals surface area (Å²) in [4.78, 5) is 14.7. The van der Waals surface area contributed by atoms with Crippen LogP contribution in [-0.4, -0.2) is 10.9 Å². The zero-order chi connectivity index (χ0) is 10.4. The lowest BCUT2D eigenvalue weighted by Gasteiger charge is -2.00. The van der Waals surface area contributed by atoms with Crippen molar-refractivity contribution in [3.05, 3.63) is 29.6 Å². The highest BCUT2D eigenvalue weighted by molar-refractivity contribution is 5.90. The zero-order valence-electron chi connectivity index (χ0n) is 8.49. The van der Waals surface area contributed by atoms with Crippen LogP contribution in [-0.2, 0) is 6.42 Å². The Morgan fingerprint density at radius 2 is 2.21 bits per heavy atom. The minimum absolute atomic E-state index is 0.337. The molecule has 0 aliphatic carbocycles. The summed E-state index contributed by atoms with van der Waals surface area (Å²) in [6.45, 7) is 2.18. The zero-order valence-corrected chi connectivity index (χ0v) is 8.49. The fraction of sp³-hybridized carbons (Fsp3) is 0.455. The van der Waals surface area contributed by atoms with Crippen LogP contribution in [0.1, 0.15) is 42.2 Å². The summed E-state index contributed by atoms with van der Waals surface area (Å²) in [6.07, 6.45) is 6.38. The molecular formula is C11H16N2O. The van der Waals surface area contributed by atoms with E-state index in [2.05, 4.69) is 11.9 Å². The van der Waals surface area contributed by atoms with Crippen molar-refractivity contribution in [1.82, 2.24) is 4.98 Å². The summed E-state index contributed by atoms with van der Waals surface area (Å²) in [5.41, 5.74) is 6.59. The second-order valence-corrected chi connectivity index (χ2v) is 3.37. The number of nitrogens with two attached hydrogens (primary N) is 1. The maximum atomic E-state index is 10.7. The van der Waals surface area contributed by atoms with Gasteiger partial charge >= 0.3 is 0 Å². The molecule has 1 amide bonds. The first-order chi connectivity index (χ1) is 6.74. The molecule has 2 N–H and O–H groups in total. The van der Waals surface area contributed by atoms with Gasteiger partial charge in [-0.3, -0.25) is 9.78 Å². The van der Waals surface area contributed by atoms with E-state index >= 15 is 0 Å². The lowest BCUT2D eigenvalue weighted by atomic mass is 10.1. The van der Waals surface area contributed by atoms with E-state index in [1.54, 1.807) is 12.3 Å². The molecule has 0 aliphatic rings. The number of unbranched alkanes of at least 4 members (excludes halogenated alkanes) is 2. The van der Waals surface area contributed by atoms with Crippen molar-refractivity contribution < 1.29 is 4.79 Å². The van der Waals surface area contributed by atoms with E-state index in [0.717, 1.165) is 6.42 Å². The third-order valence-corrected chi connectivity index (χ3v) is 2.15. The van der Waals surface area contributed by atoms with Crippen LogP contribution in [0, 0.1) is 0 Å². The standard InChI is InChI=1S/C11H16N2O/c1-2-3-4-5-9-6-7-10(11(12)14)13-8-9/h6-8H,2-5H2,1H3,(H2,12,14). The minimum atomic E-state index is -0.467. The normalized spacial score (nSPS) is 10.1. The molecule has 0 atom stereocenters. The van der Waals surface area contributed by atoms with E-state index in [9.17, 15) is 4.79 Å². The summed E-state index contributed by atoms with van der Waals surface area (Å²) < 4.78 is 0. The molecule has 0 aromatic carbocycles. The Labute approximate surface area is 84.3 Å². The molecule has 0 unspecified atom stereocenters. The van der Waals surface area contributed by atoms with Crippen LogP contribution < -0.4 is 5.73 Å². The van der Waals surface area contributed by atoms with Crippen molar-refractivity contribution in [1.29, 1.82) is 0 Å². The van der Waals surface area contributed by atoms with Crippen molar-refractivity contribution in [3.63, 3.8) is 0 Å². The molecule has 0 saturated carbocycles. The van der Waals surface area contributed by atoms with Crippen LogP contribution in [0.15, 0.2) is 18.3 Å². The molecule has 1 rings (SSSR count). The molecule has 3 heteroatoms. The van der Waals surface area contributed by atoms with Crippen LogP contribution in [0.3, 0.4) is 0 Å². The number of carbonyl (C=O) groups is 1. The molecule has 0 saturated heterocycles. The molecule has 0 bridgehead atoms. The molecule has 3 nitrogen and oxygen atoms in total. The predicted molar refractivity (Wildman–Crippen MR) is 56.0 cm³/mol. The predicted octanol–water partition coefficient (Wildman–Crippen LogP) is 1.91. The Morgan fingerprint density at radius 1 is 1.43 bits per heavy atom. The van der Waals surface area contributed by atoms with Gasteiger partial charge in [-0.15, -0.1) is 0 Å². The number of nitrogens with zero attached hydrogens (tertiary/aromatic N) is 1. The molecule has 1 aromatic rings. The van der Waals surface area contributed by atoms with Gasteiger partial charge in [0.15, 0.2) is 0 Å². The van der Waals surface area contributed by atoms with E-state index in [1.165, 1.54) is 24.8 Å². The average molecular weight is 192 g/mol. The third kappa shape index (κ3) is 3.17. The first-order valence-electron chi connectivity index (χ1n) is 4.98. The highest BCUT2D eigenvalue weighted by atomic mass is 16.1. The molecule has 1 heterocycles. The fourth-order valence-electron chi connectivity index (χ4n) is 1.30. The van der Waals surface area contributed by atoms with E-state index in [1.807, 2.05) is 6.07 Å². The first kappa shape index (κ1) is 10.7. The topological polar surface area (TPSA) is 56.0 Å². The summed E-state index contributed by atoms with van der Waals surface area (Å²) in [5.74, 6) is -0.467. The van der Waals surface area contributed by atoms with E-state index < -0.39 is 5.91 Å². The Balaban J connectivity index is 2.51. The summed E-state index contributed by atoms with van der Waals surface area (Å²) in [6, 6.07) is 3.60. The summed E-state index contributed by atoms with van der Waals surface area (Å²) in [5, 5.41) is 0. The largest absolute Gasteiger partial charge is 0.364 e. The number of hydrogen-bond donors (Lipinski definition) is 1. The second-order valence-electron chi connectivity index (χ2n) is 3.37. The van der Waals surface area contributed by atoms with Crippen LogP contribution in [0.25, 0.3) is 0 Å². The molecule has 0 spiro atoms. The Hall–Kier alpha value is -1.38. The van der Waals surface area contributed by atoms with Gasteiger partial charge in [0.1, 0.15) is 5.69 Å². The number of pyridine rings is 1. The molecule has 0 aliphatic heterocycles. The van der Waals surface area contributed by atoms with Gasteiger partial charge in [0.25, 0.3) is 5.91 Å². The molecular weight excluding hydrogens is 176 g/mol. The Kier molecular flexibility index (Phi) is 4.11. The van der Waals surface area contributed by atoms with Gasteiger partial charge in [-0.05, 0) is 24.5 Å². The lowest BCUT2D eigenvalue weighted by Crippen LogP contribution is -2.12. The summed E-state index contributed by atoms with van der Waals surface area (Å²) >= 11 is 0. The van der Waals surface area contributed by atoms with Crippen LogP contribution in [0.2, 0.25) is 0 Å². The van der Waals surface area contributed by atoms with Crippen molar-refractivity contribution >= 4 is 5.91 Å². The van der Waals surface area contributed by atoms with Crippen LogP contribution >= 0.6 is 0 Å². The van der Waals surface area contributed by atoms with Gasteiger partial charge in [-0.1, -0.05) is 25.8 Å². The number of amides is 1. The number of primary amides is 1. The SMILES string of the molecule is CCCCCc1ccc(C(N)=O)nc1. The van der Waals surface area contributed by atoms with E-state index in [4.69, 9.17) is 5.73 Å². The van der Waals surface area contributed by atoms with Crippen molar-refractivity contribution in [2.45, 2.75) is 32.6 Å². The van der Waals surface area contributed by atoms with Gasteiger partial charge in [0.05, 0.1) is 0 Å². The highest BCUT2D eigenvalue weighted by Gasteiger charge is 2.00. The number of rotatable bonds is 5. The highest BCUT2D eigenvalue weighted by Crippen LogP contribution is 2.06. The number of hydrogen-bond acceptors (Lipinski definition) is 2. The quantitative estimate of drug-likeness (QED) is 0.724. The van der Waals surface area contributed by atoms with Gasteiger partial charge in [-0.2, -0.15) is 0 Å². The second kappa shape index (κ2) is 5.37. The smallest absolute Gasteiger partial charge is 0.267 e. The molecule has 0 fully saturated rings. The maximum Gasteiger partial charge on any atom is 0.267 e.